The molecule has 1 N–H and O–H groups in total. The first-order valence-corrected chi connectivity index (χ1v) is 9.75. The van der Waals surface area contributed by atoms with Gasteiger partial charge in [-0.3, -0.25) is 0 Å². The summed E-state index contributed by atoms with van der Waals surface area (Å²) in [7, 11) is 2.39. The molecule has 2 rings (SSSR count). The second kappa shape index (κ2) is 9.84. The Morgan fingerprint density at radius 1 is 0.810 bits per heavy atom. The average Bonchev–Trinajstić information content (AvgIpc) is 3.26. The monoisotopic (exact) mass is 294 g/mol. The van der Waals surface area contributed by atoms with E-state index in [1.165, 1.54) is 83.6 Å². The van der Waals surface area contributed by atoms with Crippen molar-refractivity contribution in [1.29, 1.82) is 0 Å². The lowest BCUT2D eigenvalue weighted by Gasteiger charge is -2.36. The second-order valence-electron chi connectivity index (χ2n) is 7.52. The Bertz CT molecular complexity index is 262. The zero-order valence-corrected chi connectivity index (χ0v) is 14.6. The molecule has 124 valence electrons. The highest BCUT2D eigenvalue weighted by Gasteiger charge is 2.29. The van der Waals surface area contributed by atoms with Crippen molar-refractivity contribution in [3.05, 3.63) is 0 Å². The lowest BCUT2D eigenvalue weighted by Crippen LogP contribution is -2.49. The van der Waals surface area contributed by atoms with Crippen LogP contribution >= 0.6 is 0 Å². The molecule has 0 radical (unpaired) electrons. The molecule has 2 aliphatic carbocycles. The van der Waals surface area contributed by atoms with Crippen molar-refractivity contribution in [2.45, 2.75) is 96.1 Å². The maximum atomic E-state index is 3.82. The molecule has 0 amide bonds. The molecular formula is C19H38N2. The van der Waals surface area contributed by atoms with E-state index in [0.717, 1.165) is 24.5 Å². The molecule has 2 nitrogen and oxygen atoms in total. The first kappa shape index (κ1) is 17.3. The first-order valence-electron chi connectivity index (χ1n) is 9.75. The van der Waals surface area contributed by atoms with E-state index in [9.17, 15) is 0 Å². The molecule has 0 aliphatic heterocycles. The number of nitrogens with one attached hydrogen (secondary N) is 1. The summed E-state index contributed by atoms with van der Waals surface area (Å²) in [5, 5.41) is 3.82. The van der Waals surface area contributed by atoms with E-state index in [0.29, 0.717) is 0 Å². The highest BCUT2D eigenvalue weighted by atomic mass is 15.2. The van der Waals surface area contributed by atoms with Gasteiger partial charge in [0.25, 0.3) is 0 Å². The van der Waals surface area contributed by atoms with E-state index in [1.54, 1.807) is 0 Å². The molecule has 2 fully saturated rings. The van der Waals surface area contributed by atoms with Crippen LogP contribution in [0.4, 0.5) is 0 Å². The van der Waals surface area contributed by atoms with Gasteiger partial charge in [-0.1, -0.05) is 58.3 Å². The van der Waals surface area contributed by atoms with Crippen LogP contribution in [0.5, 0.6) is 0 Å². The number of likely N-dealkylation sites (N-methyl/N-ethyl adjacent to an activating group) is 2. The molecule has 2 unspecified atom stereocenters. The summed E-state index contributed by atoms with van der Waals surface area (Å²) in [6, 6.07) is 1.49. The summed E-state index contributed by atoms with van der Waals surface area (Å²) in [6.07, 6.45) is 17.4. The van der Waals surface area contributed by atoms with Gasteiger partial charge in [-0.15, -0.1) is 0 Å². The molecule has 2 heteroatoms. The third kappa shape index (κ3) is 6.69. The van der Waals surface area contributed by atoms with Crippen molar-refractivity contribution in [2.24, 2.45) is 5.92 Å². The Balaban J connectivity index is 1.91. The standard InChI is InChI=1S/C19H38N2/c1-3-20-18-12-10-8-6-4-5-7-9-11-13-19(18)21(2)16-17-14-15-17/h17-20H,3-16H2,1-2H3. The molecule has 0 aromatic rings. The lowest BCUT2D eigenvalue weighted by atomic mass is 9.93. The largest absolute Gasteiger partial charge is 0.313 e. The fraction of sp³-hybridized carbons (Fsp3) is 1.00. The first-order chi connectivity index (χ1) is 10.3. The highest BCUT2D eigenvalue weighted by Crippen LogP contribution is 2.31. The Morgan fingerprint density at radius 3 is 1.95 bits per heavy atom. The zero-order chi connectivity index (χ0) is 14.9. The van der Waals surface area contributed by atoms with E-state index in [2.05, 4.69) is 24.2 Å². The van der Waals surface area contributed by atoms with Gasteiger partial charge in [0, 0.05) is 18.6 Å². The van der Waals surface area contributed by atoms with Crippen LogP contribution in [-0.2, 0) is 0 Å². The van der Waals surface area contributed by atoms with Crippen LogP contribution in [0.25, 0.3) is 0 Å². The SMILES string of the molecule is CCNC1CCCCCCCCCCC1N(C)CC1CC1. The number of nitrogens with zero attached hydrogens (tertiary/aromatic N) is 1. The van der Waals surface area contributed by atoms with E-state index in [1.807, 2.05) is 0 Å². The minimum absolute atomic E-state index is 0.721. The van der Waals surface area contributed by atoms with Gasteiger partial charge in [0.15, 0.2) is 0 Å². The zero-order valence-electron chi connectivity index (χ0n) is 14.6. The molecule has 2 aliphatic rings. The van der Waals surface area contributed by atoms with Gasteiger partial charge >= 0.3 is 0 Å². The molecule has 0 bridgehead atoms. The summed E-state index contributed by atoms with van der Waals surface area (Å²) in [5.41, 5.74) is 0. The van der Waals surface area contributed by atoms with Crippen LogP contribution in [0.1, 0.15) is 84.0 Å². The predicted molar refractivity (Wildman–Crippen MR) is 92.8 cm³/mol. The summed E-state index contributed by atoms with van der Waals surface area (Å²) >= 11 is 0. The van der Waals surface area contributed by atoms with Gasteiger partial charge in [-0.25, -0.2) is 0 Å². The Morgan fingerprint density at radius 2 is 1.38 bits per heavy atom. The predicted octanol–water partition coefficient (Wildman–Crippen LogP) is 4.59. The topological polar surface area (TPSA) is 15.3 Å². The normalized spacial score (nSPS) is 29.9. The van der Waals surface area contributed by atoms with E-state index >= 15 is 0 Å². The van der Waals surface area contributed by atoms with Crippen LogP contribution in [0.15, 0.2) is 0 Å². The second-order valence-corrected chi connectivity index (χ2v) is 7.52. The summed E-state index contributed by atoms with van der Waals surface area (Å²) in [5.74, 6) is 1.01. The van der Waals surface area contributed by atoms with Crippen LogP contribution in [0.3, 0.4) is 0 Å². The smallest absolute Gasteiger partial charge is 0.0246 e. The summed E-state index contributed by atoms with van der Waals surface area (Å²) in [4.78, 5) is 2.71. The van der Waals surface area contributed by atoms with Gasteiger partial charge in [0.2, 0.25) is 0 Å². The fourth-order valence-corrected chi connectivity index (χ4v) is 4.04. The summed E-state index contributed by atoms with van der Waals surface area (Å²) < 4.78 is 0. The summed E-state index contributed by atoms with van der Waals surface area (Å²) in [6.45, 7) is 4.74. The quantitative estimate of drug-likeness (QED) is 0.798. The third-order valence-corrected chi connectivity index (χ3v) is 5.51. The molecular weight excluding hydrogens is 256 g/mol. The van der Waals surface area contributed by atoms with Crippen molar-refractivity contribution in [1.82, 2.24) is 10.2 Å². The molecule has 0 aromatic carbocycles. The molecule has 0 spiro atoms. The molecule has 21 heavy (non-hydrogen) atoms. The average molecular weight is 295 g/mol. The molecule has 0 saturated heterocycles. The van der Waals surface area contributed by atoms with Crippen molar-refractivity contribution in [2.75, 3.05) is 20.1 Å². The highest BCUT2D eigenvalue weighted by molar-refractivity contribution is 4.86. The van der Waals surface area contributed by atoms with Crippen molar-refractivity contribution >= 4 is 0 Å². The fourth-order valence-electron chi connectivity index (χ4n) is 4.04. The lowest BCUT2D eigenvalue weighted by molar-refractivity contribution is 0.164. The van der Waals surface area contributed by atoms with Gasteiger partial charge < -0.3 is 10.2 Å². The maximum Gasteiger partial charge on any atom is 0.0246 e. The minimum Gasteiger partial charge on any atom is -0.313 e. The van der Waals surface area contributed by atoms with E-state index in [-0.39, 0.29) is 0 Å². The van der Waals surface area contributed by atoms with E-state index < -0.39 is 0 Å². The Hall–Kier alpha value is -0.0800. The molecule has 2 atom stereocenters. The van der Waals surface area contributed by atoms with Crippen LogP contribution in [0.2, 0.25) is 0 Å². The third-order valence-electron chi connectivity index (χ3n) is 5.51. The van der Waals surface area contributed by atoms with Crippen LogP contribution in [0, 0.1) is 5.92 Å². The number of hydrogen-bond donors (Lipinski definition) is 1. The Labute approximate surface area is 133 Å². The van der Waals surface area contributed by atoms with Gasteiger partial charge in [0.1, 0.15) is 0 Å². The van der Waals surface area contributed by atoms with Crippen LogP contribution < -0.4 is 5.32 Å². The van der Waals surface area contributed by atoms with Gasteiger partial charge in [0.05, 0.1) is 0 Å². The molecule has 0 heterocycles. The minimum atomic E-state index is 0.721. The Kier molecular flexibility index (Phi) is 8.10. The van der Waals surface area contributed by atoms with Crippen molar-refractivity contribution < 1.29 is 0 Å². The number of rotatable bonds is 5. The maximum absolute atomic E-state index is 3.82. The number of hydrogen-bond acceptors (Lipinski definition) is 2. The van der Waals surface area contributed by atoms with Crippen molar-refractivity contribution in [3.8, 4) is 0 Å². The van der Waals surface area contributed by atoms with Crippen molar-refractivity contribution in [3.63, 3.8) is 0 Å². The molecule has 0 aromatic heterocycles. The van der Waals surface area contributed by atoms with Crippen LogP contribution in [-0.4, -0.2) is 37.1 Å². The van der Waals surface area contributed by atoms with Gasteiger partial charge in [-0.2, -0.15) is 0 Å². The van der Waals surface area contributed by atoms with E-state index in [4.69, 9.17) is 0 Å². The molecule has 2 saturated carbocycles. The van der Waals surface area contributed by atoms with Gasteiger partial charge in [-0.05, 0) is 45.2 Å².